The van der Waals surface area contributed by atoms with E-state index in [-0.39, 0.29) is 17.7 Å². The van der Waals surface area contributed by atoms with Gasteiger partial charge in [-0.3, -0.25) is 4.79 Å². The van der Waals surface area contributed by atoms with E-state index in [0.717, 1.165) is 6.54 Å². The van der Waals surface area contributed by atoms with Gasteiger partial charge in [0, 0.05) is 31.9 Å². The molecule has 1 amide bonds. The molecule has 2 atom stereocenters. The Morgan fingerprint density at radius 3 is 2.59 bits per heavy atom. The molecule has 6 nitrogen and oxygen atoms in total. The maximum Gasteiger partial charge on any atom is 0.238 e. The first-order chi connectivity index (χ1) is 7.88. The molecule has 0 spiro atoms. The van der Waals surface area contributed by atoms with Crippen LogP contribution in [0.1, 0.15) is 13.3 Å². The Balaban J connectivity index is 2.17. The summed E-state index contributed by atoms with van der Waals surface area (Å²) in [6.07, 6.45) is 1.66. The van der Waals surface area contributed by atoms with Crippen LogP contribution in [0.4, 0.5) is 0 Å². The quantitative estimate of drug-likeness (QED) is 0.525. The van der Waals surface area contributed by atoms with Gasteiger partial charge in [0.25, 0.3) is 0 Å². The van der Waals surface area contributed by atoms with Crippen molar-refractivity contribution in [1.29, 1.82) is 0 Å². The molecule has 2 unspecified atom stereocenters. The SMILES string of the molecule is CC1CNC(C(=O)NCCCS(C)(=O)=O)CN1. The Labute approximate surface area is 102 Å². The van der Waals surface area contributed by atoms with E-state index in [9.17, 15) is 13.2 Å². The van der Waals surface area contributed by atoms with E-state index in [2.05, 4.69) is 16.0 Å². The second-order valence-electron chi connectivity index (χ2n) is 4.54. The highest BCUT2D eigenvalue weighted by atomic mass is 32.2. The minimum absolute atomic E-state index is 0.0714. The number of amides is 1. The fourth-order valence-electron chi connectivity index (χ4n) is 1.64. The van der Waals surface area contributed by atoms with E-state index in [4.69, 9.17) is 0 Å². The molecule has 0 radical (unpaired) electrons. The van der Waals surface area contributed by atoms with Gasteiger partial charge in [-0.05, 0) is 13.3 Å². The summed E-state index contributed by atoms with van der Waals surface area (Å²) in [5.41, 5.74) is 0. The number of rotatable bonds is 5. The molecule has 1 saturated heterocycles. The topological polar surface area (TPSA) is 87.3 Å². The van der Waals surface area contributed by atoms with Crippen molar-refractivity contribution in [3.63, 3.8) is 0 Å². The van der Waals surface area contributed by atoms with Crippen LogP contribution in [0.2, 0.25) is 0 Å². The van der Waals surface area contributed by atoms with E-state index >= 15 is 0 Å². The Morgan fingerprint density at radius 1 is 1.35 bits per heavy atom. The standard InChI is InChI=1S/C10H21N3O3S/c1-8-6-13-9(7-12-8)10(14)11-4-3-5-17(2,15)16/h8-9,12-13H,3-7H2,1-2H3,(H,11,14). The Bertz CT molecular complexity index is 348. The summed E-state index contributed by atoms with van der Waals surface area (Å²) >= 11 is 0. The minimum atomic E-state index is -2.93. The smallest absolute Gasteiger partial charge is 0.238 e. The van der Waals surface area contributed by atoms with E-state index < -0.39 is 9.84 Å². The monoisotopic (exact) mass is 263 g/mol. The molecule has 1 aliphatic rings. The van der Waals surface area contributed by atoms with Crippen LogP contribution in [0.3, 0.4) is 0 Å². The lowest BCUT2D eigenvalue weighted by Gasteiger charge is -2.28. The summed E-state index contributed by atoms with van der Waals surface area (Å²) in [5.74, 6) is 0.0404. The highest BCUT2D eigenvalue weighted by Crippen LogP contribution is 1.93. The Hall–Kier alpha value is -0.660. The summed E-state index contributed by atoms with van der Waals surface area (Å²) in [6, 6.07) is 0.161. The van der Waals surface area contributed by atoms with Crippen LogP contribution < -0.4 is 16.0 Å². The van der Waals surface area contributed by atoms with Gasteiger partial charge in [0.1, 0.15) is 9.84 Å². The molecule has 0 aromatic rings. The van der Waals surface area contributed by atoms with Crippen LogP contribution in [0, 0.1) is 0 Å². The molecule has 1 fully saturated rings. The second kappa shape index (κ2) is 6.32. The average Bonchev–Trinajstić information content (AvgIpc) is 2.24. The van der Waals surface area contributed by atoms with E-state index in [1.165, 1.54) is 6.26 Å². The Morgan fingerprint density at radius 2 is 2.06 bits per heavy atom. The molecule has 1 rings (SSSR count). The Kier molecular flexibility index (Phi) is 5.35. The predicted molar refractivity (Wildman–Crippen MR) is 66.6 cm³/mol. The summed E-state index contributed by atoms with van der Waals surface area (Å²) in [4.78, 5) is 11.7. The van der Waals surface area contributed by atoms with Crippen LogP contribution in [-0.2, 0) is 14.6 Å². The zero-order chi connectivity index (χ0) is 12.9. The van der Waals surface area contributed by atoms with Gasteiger partial charge in [-0.1, -0.05) is 0 Å². The molecule has 17 heavy (non-hydrogen) atoms. The molecular formula is C10H21N3O3S. The summed E-state index contributed by atoms with van der Waals surface area (Å²) < 4.78 is 21.8. The van der Waals surface area contributed by atoms with Crippen molar-refractivity contribution in [2.24, 2.45) is 0 Å². The first kappa shape index (κ1) is 14.4. The van der Waals surface area contributed by atoms with Crippen molar-refractivity contribution in [1.82, 2.24) is 16.0 Å². The van der Waals surface area contributed by atoms with E-state index in [1.54, 1.807) is 0 Å². The van der Waals surface area contributed by atoms with Crippen LogP contribution in [0.5, 0.6) is 0 Å². The molecule has 1 heterocycles. The van der Waals surface area contributed by atoms with Gasteiger partial charge < -0.3 is 16.0 Å². The number of hydrogen-bond donors (Lipinski definition) is 3. The first-order valence-corrected chi connectivity index (χ1v) is 7.87. The van der Waals surface area contributed by atoms with Crippen molar-refractivity contribution >= 4 is 15.7 Å². The maximum atomic E-state index is 11.7. The number of carbonyl (C=O) groups excluding carboxylic acids is 1. The third-order valence-corrected chi connectivity index (χ3v) is 3.68. The molecule has 0 saturated carbocycles. The van der Waals surface area contributed by atoms with Gasteiger partial charge in [0.15, 0.2) is 0 Å². The normalized spacial score (nSPS) is 25.5. The molecule has 0 aromatic carbocycles. The third kappa shape index (κ3) is 5.99. The first-order valence-electron chi connectivity index (χ1n) is 5.80. The highest BCUT2D eigenvalue weighted by molar-refractivity contribution is 7.90. The van der Waals surface area contributed by atoms with Crippen molar-refractivity contribution in [2.75, 3.05) is 31.6 Å². The van der Waals surface area contributed by atoms with Crippen molar-refractivity contribution in [3.05, 3.63) is 0 Å². The van der Waals surface area contributed by atoms with Crippen LogP contribution in [0.25, 0.3) is 0 Å². The van der Waals surface area contributed by atoms with Gasteiger partial charge in [-0.2, -0.15) is 0 Å². The second-order valence-corrected chi connectivity index (χ2v) is 6.80. The van der Waals surface area contributed by atoms with Crippen LogP contribution in [0.15, 0.2) is 0 Å². The average molecular weight is 263 g/mol. The fraction of sp³-hybridized carbons (Fsp3) is 0.900. The number of nitrogens with one attached hydrogen (secondary N) is 3. The summed E-state index contributed by atoms with van der Waals surface area (Å²) in [7, 11) is -2.93. The highest BCUT2D eigenvalue weighted by Gasteiger charge is 2.22. The molecule has 0 aromatic heterocycles. The molecular weight excluding hydrogens is 242 g/mol. The van der Waals surface area contributed by atoms with Gasteiger partial charge in [-0.15, -0.1) is 0 Å². The van der Waals surface area contributed by atoms with Gasteiger partial charge in [0.05, 0.1) is 11.8 Å². The molecule has 100 valence electrons. The zero-order valence-corrected chi connectivity index (χ0v) is 11.1. The minimum Gasteiger partial charge on any atom is -0.355 e. The van der Waals surface area contributed by atoms with Crippen molar-refractivity contribution in [3.8, 4) is 0 Å². The van der Waals surface area contributed by atoms with E-state index in [1.807, 2.05) is 6.92 Å². The predicted octanol–water partition coefficient (Wildman–Crippen LogP) is -1.51. The van der Waals surface area contributed by atoms with Gasteiger partial charge >= 0.3 is 0 Å². The summed E-state index contributed by atoms with van der Waals surface area (Å²) in [5, 5.41) is 9.08. The molecule has 0 bridgehead atoms. The third-order valence-electron chi connectivity index (χ3n) is 2.65. The fourth-order valence-corrected chi connectivity index (χ4v) is 2.31. The number of carbonyl (C=O) groups is 1. The van der Waals surface area contributed by atoms with Crippen LogP contribution >= 0.6 is 0 Å². The number of sulfone groups is 1. The van der Waals surface area contributed by atoms with Crippen molar-refractivity contribution < 1.29 is 13.2 Å². The lowest BCUT2D eigenvalue weighted by atomic mass is 10.1. The molecule has 3 N–H and O–H groups in total. The number of hydrogen-bond acceptors (Lipinski definition) is 5. The van der Waals surface area contributed by atoms with E-state index in [0.29, 0.717) is 25.6 Å². The zero-order valence-electron chi connectivity index (χ0n) is 10.3. The molecule has 1 aliphatic heterocycles. The molecule has 0 aliphatic carbocycles. The van der Waals surface area contributed by atoms with Gasteiger partial charge in [-0.25, -0.2) is 8.42 Å². The molecule has 7 heteroatoms. The van der Waals surface area contributed by atoms with Crippen LogP contribution in [-0.4, -0.2) is 58.1 Å². The maximum absolute atomic E-state index is 11.7. The lowest BCUT2D eigenvalue weighted by molar-refractivity contribution is -0.123. The van der Waals surface area contributed by atoms with Gasteiger partial charge in [0.2, 0.25) is 5.91 Å². The summed E-state index contributed by atoms with van der Waals surface area (Å²) in [6.45, 7) is 3.83. The van der Waals surface area contributed by atoms with Crippen molar-refractivity contribution in [2.45, 2.75) is 25.4 Å². The largest absolute Gasteiger partial charge is 0.355 e. The lowest BCUT2D eigenvalue weighted by Crippen LogP contribution is -2.58. The number of piperazine rings is 1.